The Kier molecular flexibility index (Phi) is 3.13. The molecule has 72 valence electrons. The molecule has 0 saturated heterocycles. The number of ketones is 1. The first-order chi connectivity index (χ1) is 6.07. The summed E-state index contributed by atoms with van der Waals surface area (Å²) in [4.78, 5) is 11.0. The number of alkyl halides is 2. The standard InChI is InChI=1S/C7H7BrF2N2O/c1-2-12-5(4(8)3-11-12)6(13)7(9)10/h3,7H,2H2,1H3. The fraction of sp³-hybridized carbons (Fsp3) is 0.429. The second kappa shape index (κ2) is 3.95. The molecule has 1 aromatic rings. The van der Waals surface area contributed by atoms with Gasteiger partial charge in [-0.25, -0.2) is 8.78 Å². The minimum absolute atomic E-state index is 0.0718. The number of Topliss-reactive ketones (excluding diaryl/α,β-unsaturated/α-hetero) is 1. The largest absolute Gasteiger partial charge is 0.302 e. The van der Waals surface area contributed by atoms with Crippen LogP contribution in [0.4, 0.5) is 8.78 Å². The lowest BCUT2D eigenvalue weighted by molar-refractivity contribution is 0.0666. The van der Waals surface area contributed by atoms with Crippen molar-refractivity contribution in [1.29, 1.82) is 0 Å². The van der Waals surface area contributed by atoms with Gasteiger partial charge in [-0.05, 0) is 22.9 Å². The van der Waals surface area contributed by atoms with Crippen molar-refractivity contribution in [1.82, 2.24) is 9.78 Å². The zero-order chi connectivity index (χ0) is 10.0. The molecule has 0 N–H and O–H groups in total. The lowest BCUT2D eigenvalue weighted by Gasteiger charge is -2.02. The molecule has 0 fully saturated rings. The van der Waals surface area contributed by atoms with Gasteiger partial charge in [0.25, 0.3) is 0 Å². The van der Waals surface area contributed by atoms with Crippen LogP contribution in [-0.2, 0) is 6.54 Å². The highest BCUT2D eigenvalue weighted by atomic mass is 79.9. The van der Waals surface area contributed by atoms with Crippen molar-refractivity contribution in [2.45, 2.75) is 19.9 Å². The second-order valence-corrected chi connectivity index (χ2v) is 3.18. The van der Waals surface area contributed by atoms with E-state index in [1.165, 1.54) is 10.9 Å². The van der Waals surface area contributed by atoms with Crippen molar-refractivity contribution in [2.75, 3.05) is 0 Å². The predicted molar refractivity (Wildman–Crippen MR) is 45.9 cm³/mol. The topological polar surface area (TPSA) is 34.9 Å². The molecule has 3 nitrogen and oxygen atoms in total. The highest BCUT2D eigenvalue weighted by molar-refractivity contribution is 9.10. The number of aryl methyl sites for hydroxylation is 1. The maximum Gasteiger partial charge on any atom is 0.302 e. The van der Waals surface area contributed by atoms with Gasteiger partial charge in [-0.3, -0.25) is 9.48 Å². The Morgan fingerprint density at radius 3 is 2.85 bits per heavy atom. The van der Waals surface area contributed by atoms with Crippen molar-refractivity contribution in [3.05, 3.63) is 16.4 Å². The first kappa shape index (κ1) is 10.3. The Hall–Kier alpha value is -0.780. The average molecular weight is 253 g/mol. The molecular weight excluding hydrogens is 246 g/mol. The summed E-state index contributed by atoms with van der Waals surface area (Å²) in [5.74, 6) is -1.20. The van der Waals surface area contributed by atoms with Crippen LogP contribution in [0, 0.1) is 0 Å². The van der Waals surface area contributed by atoms with Gasteiger partial charge in [-0.2, -0.15) is 5.10 Å². The molecule has 1 aromatic heterocycles. The molecule has 0 spiro atoms. The Morgan fingerprint density at radius 1 is 1.77 bits per heavy atom. The minimum atomic E-state index is -2.99. The van der Waals surface area contributed by atoms with Crippen LogP contribution in [0.15, 0.2) is 10.7 Å². The average Bonchev–Trinajstić information content (AvgIpc) is 2.45. The summed E-state index contributed by atoms with van der Waals surface area (Å²) in [5, 5.41) is 3.75. The maximum atomic E-state index is 12.1. The molecule has 13 heavy (non-hydrogen) atoms. The SMILES string of the molecule is CCn1ncc(Br)c1C(=O)C(F)F. The third-order valence-corrected chi connectivity index (χ3v) is 2.11. The Morgan fingerprint density at radius 2 is 2.38 bits per heavy atom. The molecule has 0 amide bonds. The molecule has 1 heterocycles. The second-order valence-electron chi connectivity index (χ2n) is 2.32. The number of hydrogen-bond donors (Lipinski definition) is 0. The molecule has 0 aliphatic carbocycles. The molecule has 0 atom stereocenters. The highest BCUT2D eigenvalue weighted by Crippen LogP contribution is 2.18. The van der Waals surface area contributed by atoms with Crippen molar-refractivity contribution >= 4 is 21.7 Å². The summed E-state index contributed by atoms with van der Waals surface area (Å²) >= 11 is 2.99. The highest BCUT2D eigenvalue weighted by Gasteiger charge is 2.24. The van der Waals surface area contributed by atoms with Crippen LogP contribution in [-0.4, -0.2) is 22.0 Å². The third kappa shape index (κ3) is 1.93. The van der Waals surface area contributed by atoms with E-state index in [1.54, 1.807) is 6.92 Å². The van der Waals surface area contributed by atoms with E-state index in [9.17, 15) is 13.6 Å². The van der Waals surface area contributed by atoms with Crippen LogP contribution in [0.5, 0.6) is 0 Å². The monoisotopic (exact) mass is 252 g/mol. The third-order valence-electron chi connectivity index (χ3n) is 1.53. The van der Waals surface area contributed by atoms with Gasteiger partial charge in [0.2, 0.25) is 5.78 Å². The fourth-order valence-corrected chi connectivity index (χ4v) is 1.44. The van der Waals surface area contributed by atoms with Crippen molar-refractivity contribution in [2.24, 2.45) is 0 Å². The van der Waals surface area contributed by atoms with E-state index in [2.05, 4.69) is 21.0 Å². The molecule has 0 aliphatic rings. The van der Waals surface area contributed by atoms with Crippen LogP contribution in [0.25, 0.3) is 0 Å². The van der Waals surface area contributed by atoms with E-state index in [0.717, 1.165) is 0 Å². The number of nitrogens with zero attached hydrogens (tertiary/aromatic N) is 2. The fourth-order valence-electron chi connectivity index (χ4n) is 0.951. The smallest absolute Gasteiger partial charge is 0.286 e. The quantitative estimate of drug-likeness (QED) is 0.773. The lowest BCUT2D eigenvalue weighted by atomic mass is 10.3. The van der Waals surface area contributed by atoms with Crippen molar-refractivity contribution < 1.29 is 13.6 Å². The molecule has 6 heteroatoms. The van der Waals surface area contributed by atoms with E-state index in [-0.39, 0.29) is 5.69 Å². The van der Waals surface area contributed by atoms with Gasteiger partial charge in [-0.15, -0.1) is 0 Å². The normalized spacial score (nSPS) is 10.8. The van der Waals surface area contributed by atoms with Gasteiger partial charge in [0.05, 0.1) is 10.7 Å². The van der Waals surface area contributed by atoms with E-state index in [1.807, 2.05) is 0 Å². The summed E-state index contributed by atoms with van der Waals surface area (Å²) in [5.41, 5.74) is -0.0718. The van der Waals surface area contributed by atoms with Gasteiger partial charge in [-0.1, -0.05) is 0 Å². The maximum absolute atomic E-state index is 12.1. The van der Waals surface area contributed by atoms with Gasteiger partial charge in [0, 0.05) is 6.54 Å². The van der Waals surface area contributed by atoms with Crippen molar-refractivity contribution in [3.63, 3.8) is 0 Å². The summed E-state index contributed by atoms with van der Waals surface area (Å²) < 4.78 is 25.7. The minimum Gasteiger partial charge on any atom is -0.286 e. The number of hydrogen-bond acceptors (Lipinski definition) is 2. The number of carbonyl (C=O) groups excluding carboxylic acids is 1. The van der Waals surface area contributed by atoms with E-state index in [0.29, 0.717) is 11.0 Å². The summed E-state index contributed by atoms with van der Waals surface area (Å²) in [6.07, 6.45) is -1.66. The predicted octanol–water partition coefficient (Wildman–Crippen LogP) is 2.11. The molecule has 0 bridgehead atoms. The number of rotatable bonds is 3. The Balaban J connectivity index is 3.11. The Bertz CT molecular complexity index is 324. The van der Waals surface area contributed by atoms with E-state index < -0.39 is 12.2 Å². The van der Waals surface area contributed by atoms with E-state index >= 15 is 0 Å². The molecule has 0 aliphatic heterocycles. The summed E-state index contributed by atoms with van der Waals surface area (Å²) in [6, 6.07) is 0. The molecule has 0 saturated carbocycles. The first-order valence-electron chi connectivity index (χ1n) is 3.61. The molecule has 0 aromatic carbocycles. The van der Waals surface area contributed by atoms with Crippen LogP contribution in [0.2, 0.25) is 0 Å². The number of aromatic nitrogens is 2. The molecular formula is C7H7BrF2N2O. The number of halogens is 3. The zero-order valence-corrected chi connectivity index (χ0v) is 8.38. The molecule has 1 rings (SSSR count). The van der Waals surface area contributed by atoms with Crippen LogP contribution in [0.1, 0.15) is 17.4 Å². The van der Waals surface area contributed by atoms with Crippen LogP contribution in [0.3, 0.4) is 0 Å². The van der Waals surface area contributed by atoms with Gasteiger partial charge in [0.15, 0.2) is 0 Å². The van der Waals surface area contributed by atoms with Crippen molar-refractivity contribution in [3.8, 4) is 0 Å². The Labute approximate surface area is 81.9 Å². The number of carbonyl (C=O) groups is 1. The molecule has 0 unspecified atom stereocenters. The van der Waals surface area contributed by atoms with Crippen LogP contribution < -0.4 is 0 Å². The summed E-state index contributed by atoms with van der Waals surface area (Å²) in [6.45, 7) is 2.11. The zero-order valence-electron chi connectivity index (χ0n) is 6.80. The van der Waals surface area contributed by atoms with Crippen LogP contribution >= 0.6 is 15.9 Å². The first-order valence-corrected chi connectivity index (χ1v) is 4.41. The molecule has 0 radical (unpaired) electrons. The summed E-state index contributed by atoms with van der Waals surface area (Å²) in [7, 11) is 0. The van der Waals surface area contributed by atoms with E-state index in [4.69, 9.17) is 0 Å². The van der Waals surface area contributed by atoms with Gasteiger partial charge in [0.1, 0.15) is 5.69 Å². The lowest BCUT2D eigenvalue weighted by Crippen LogP contribution is -2.16. The van der Waals surface area contributed by atoms with Gasteiger partial charge < -0.3 is 0 Å². The van der Waals surface area contributed by atoms with Gasteiger partial charge >= 0.3 is 6.43 Å².